The highest BCUT2D eigenvalue weighted by Crippen LogP contribution is 2.36. The van der Waals surface area contributed by atoms with Crippen molar-refractivity contribution < 1.29 is 31.1 Å². The number of rotatable bonds is 4. The normalized spacial score (nSPS) is 22.7. The lowest BCUT2D eigenvalue weighted by molar-refractivity contribution is -0.699. The number of hydrogen-bond donors (Lipinski definition) is 1. The minimum absolute atomic E-state index is 0. The van der Waals surface area contributed by atoms with Crippen LogP contribution in [0.4, 0.5) is 0 Å². The fourth-order valence-electron chi connectivity index (χ4n) is 3.05. The number of carbonyl (C=O) groups excluding carboxylic acids is 2. The quantitative estimate of drug-likeness (QED) is 0.361. The van der Waals surface area contributed by atoms with Crippen molar-refractivity contribution in [3.05, 3.63) is 41.9 Å². The van der Waals surface area contributed by atoms with E-state index in [-0.39, 0.29) is 39.7 Å². The standard InChI is InChI=1S/C17H21N3O2S.BrH/c1-17(2,3)13-6-4-5-7-19(13)8-12-9-20-15(22)14(18-11-21)16(20)23-10-12;/h4-7,9,11,14,16H,8,10H2,1-3H3;1H/t14-,16-;/m1./s1. The largest absolute Gasteiger partial charge is 1.00 e. The molecule has 0 aromatic carbocycles. The average Bonchev–Trinajstić information content (AvgIpc) is 2.52. The van der Waals surface area contributed by atoms with Gasteiger partial charge in [0.15, 0.2) is 18.4 Å². The molecule has 1 aromatic rings. The molecule has 2 amide bonds. The van der Waals surface area contributed by atoms with Crippen molar-refractivity contribution >= 4 is 24.1 Å². The third kappa shape index (κ3) is 3.52. The third-order valence-electron chi connectivity index (χ3n) is 4.17. The first-order valence-electron chi connectivity index (χ1n) is 7.74. The summed E-state index contributed by atoms with van der Waals surface area (Å²) in [5, 5.41) is 2.64. The zero-order valence-corrected chi connectivity index (χ0v) is 16.4. The molecular weight excluding hydrogens is 390 g/mol. The number of carbonyl (C=O) groups is 2. The van der Waals surface area contributed by atoms with Gasteiger partial charge in [-0.15, -0.1) is 11.8 Å². The number of nitrogens with one attached hydrogen (secondary N) is 1. The molecule has 1 N–H and O–H groups in total. The van der Waals surface area contributed by atoms with E-state index in [0.717, 1.165) is 12.3 Å². The van der Waals surface area contributed by atoms with E-state index in [0.29, 0.717) is 6.41 Å². The second kappa shape index (κ2) is 7.27. The Morgan fingerprint density at radius 3 is 2.83 bits per heavy atom. The molecule has 3 heterocycles. The molecule has 0 unspecified atom stereocenters. The fourth-order valence-corrected chi connectivity index (χ4v) is 4.32. The first kappa shape index (κ1) is 19.0. The lowest BCUT2D eigenvalue weighted by Gasteiger charge is -2.46. The van der Waals surface area contributed by atoms with Crippen LogP contribution >= 0.6 is 11.8 Å². The minimum Gasteiger partial charge on any atom is -1.00 e. The Bertz CT molecular complexity index is 672. The SMILES string of the molecule is CC(C)(C)c1cccc[n+]1CC1=CN2C(=O)[C@@H](NC=O)[C@H]2SC1.[Br-]. The zero-order valence-electron chi connectivity index (χ0n) is 14.0. The van der Waals surface area contributed by atoms with Crippen LogP contribution in [0.25, 0.3) is 0 Å². The van der Waals surface area contributed by atoms with Crippen LogP contribution in [-0.4, -0.2) is 34.4 Å². The summed E-state index contributed by atoms with van der Waals surface area (Å²) in [7, 11) is 0. The Kier molecular flexibility index (Phi) is 5.75. The predicted molar refractivity (Wildman–Crippen MR) is 89.5 cm³/mol. The van der Waals surface area contributed by atoms with Crippen molar-refractivity contribution in [2.24, 2.45) is 0 Å². The number of fused-ring (bicyclic) bond motifs is 1. The van der Waals surface area contributed by atoms with Crippen molar-refractivity contribution in [2.45, 2.75) is 44.1 Å². The molecule has 2 aliphatic heterocycles. The maximum atomic E-state index is 12.0. The fraction of sp³-hybridized carbons (Fsp3) is 0.471. The number of amides is 2. The van der Waals surface area contributed by atoms with Gasteiger partial charge in [-0.1, -0.05) is 26.8 Å². The van der Waals surface area contributed by atoms with Crippen LogP contribution in [0.1, 0.15) is 26.5 Å². The lowest BCUT2D eigenvalue weighted by Crippen LogP contribution is -3.00. The van der Waals surface area contributed by atoms with E-state index >= 15 is 0 Å². The molecule has 2 aliphatic rings. The van der Waals surface area contributed by atoms with E-state index < -0.39 is 0 Å². The van der Waals surface area contributed by atoms with E-state index in [1.165, 1.54) is 11.3 Å². The highest BCUT2D eigenvalue weighted by Gasteiger charge is 2.48. The highest BCUT2D eigenvalue weighted by molar-refractivity contribution is 8.00. The van der Waals surface area contributed by atoms with Crippen molar-refractivity contribution in [3.8, 4) is 0 Å². The van der Waals surface area contributed by atoms with Crippen molar-refractivity contribution in [3.63, 3.8) is 0 Å². The number of pyridine rings is 1. The third-order valence-corrected chi connectivity index (χ3v) is 5.55. The average molecular weight is 412 g/mol. The second-order valence-electron chi connectivity index (χ2n) is 6.96. The minimum atomic E-state index is -0.371. The summed E-state index contributed by atoms with van der Waals surface area (Å²) in [5.74, 6) is 0.845. The lowest BCUT2D eigenvalue weighted by atomic mass is 9.91. The van der Waals surface area contributed by atoms with E-state index in [9.17, 15) is 9.59 Å². The van der Waals surface area contributed by atoms with Crippen LogP contribution < -0.4 is 26.9 Å². The monoisotopic (exact) mass is 411 g/mol. The van der Waals surface area contributed by atoms with Gasteiger partial charge >= 0.3 is 0 Å². The number of aromatic nitrogens is 1. The van der Waals surface area contributed by atoms with Crippen molar-refractivity contribution in [1.29, 1.82) is 0 Å². The van der Waals surface area contributed by atoms with Crippen LogP contribution in [-0.2, 0) is 21.5 Å². The van der Waals surface area contributed by atoms with Crippen molar-refractivity contribution in [1.82, 2.24) is 10.2 Å². The first-order valence-corrected chi connectivity index (χ1v) is 8.78. The highest BCUT2D eigenvalue weighted by atomic mass is 79.9. The van der Waals surface area contributed by atoms with Crippen LogP contribution in [0.15, 0.2) is 36.2 Å². The molecule has 0 spiro atoms. The molecule has 0 aliphatic carbocycles. The Morgan fingerprint density at radius 1 is 1.42 bits per heavy atom. The van der Waals surface area contributed by atoms with Crippen LogP contribution in [0.2, 0.25) is 0 Å². The summed E-state index contributed by atoms with van der Waals surface area (Å²) in [6, 6.07) is 5.88. The smallest absolute Gasteiger partial charge is 0.253 e. The molecule has 1 aromatic heterocycles. The molecule has 1 fully saturated rings. The van der Waals surface area contributed by atoms with Crippen molar-refractivity contribution in [2.75, 3.05) is 5.75 Å². The maximum Gasteiger partial charge on any atom is 0.253 e. The van der Waals surface area contributed by atoms with Gasteiger partial charge in [-0.2, -0.15) is 4.57 Å². The summed E-state index contributed by atoms with van der Waals surface area (Å²) in [4.78, 5) is 24.3. The molecular formula is C17H22BrN3O2S. The number of nitrogens with zero attached hydrogens (tertiary/aromatic N) is 2. The molecule has 3 rings (SSSR count). The van der Waals surface area contributed by atoms with Crippen LogP contribution in [0, 0.1) is 0 Å². The number of thioether (sulfide) groups is 1. The molecule has 0 radical (unpaired) electrons. The van der Waals surface area contributed by atoms with Gasteiger partial charge in [-0.3, -0.25) is 9.59 Å². The van der Waals surface area contributed by atoms with Gasteiger partial charge < -0.3 is 27.2 Å². The van der Waals surface area contributed by atoms with Crippen LogP contribution in [0.3, 0.4) is 0 Å². The second-order valence-corrected chi connectivity index (χ2v) is 8.07. The van der Waals surface area contributed by atoms with E-state index in [1.54, 1.807) is 16.7 Å². The van der Waals surface area contributed by atoms with Gasteiger partial charge in [0.2, 0.25) is 6.41 Å². The first-order chi connectivity index (χ1) is 10.9. The summed E-state index contributed by atoms with van der Waals surface area (Å²) in [6.07, 6.45) is 4.65. The maximum absolute atomic E-state index is 12.0. The van der Waals surface area contributed by atoms with E-state index in [1.807, 2.05) is 12.3 Å². The summed E-state index contributed by atoms with van der Waals surface area (Å²) < 4.78 is 2.25. The summed E-state index contributed by atoms with van der Waals surface area (Å²) >= 11 is 1.71. The van der Waals surface area contributed by atoms with Gasteiger partial charge in [0.1, 0.15) is 11.4 Å². The molecule has 24 heavy (non-hydrogen) atoms. The Hall–Kier alpha value is -1.34. The number of halogens is 1. The Labute approximate surface area is 157 Å². The summed E-state index contributed by atoms with van der Waals surface area (Å²) in [6.45, 7) is 7.39. The molecule has 5 nitrogen and oxygen atoms in total. The molecule has 2 atom stereocenters. The molecule has 130 valence electrons. The van der Waals surface area contributed by atoms with E-state index in [4.69, 9.17) is 0 Å². The Balaban J connectivity index is 0.00000208. The van der Waals surface area contributed by atoms with Crippen LogP contribution in [0.5, 0.6) is 0 Å². The molecule has 0 saturated carbocycles. The predicted octanol–water partition coefficient (Wildman–Crippen LogP) is -1.81. The van der Waals surface area contributed by atoms with E-state index in [2.05, 4.69) is 49.0 Å². The number of β-lactam (4-membered cyclic amide) rings is 1. The summed E-state index contributed by atoms with van der Waals surface area (Å²) in [5.41, 5.74) is 2.55. The molecule has 7 heteroatoms. The molecule has 0 bridgehead atoms. The van der Waals surface area contributed by atoms with Gasteiger partial charge in [0.25, 0.3) is 5.91 Å². The van der Waals surface area contributed by atoms with Gasteiger partial charge in [-0.25, -0.2) is 0 Å². The van der Waals surface area contributed by atoms with Gasteiger partial charge in [0.05, 0.1) is 0 Å². The van der Waals surface area contributed by atoms with Gasteiger partial charge in [0, 0.05) is 35.1 Å². The zero-order chi connectivity index (χ0) is 16.6. The Morgan fingerprint density at radius 2 is 2.17 bits per heavy atom. The van der Waals surface area contributed by atoms with Gasteiger partial charge in [-0.05, 0) is 0 Å². The molecule has 1 saturated heterocycles. The topological polar surface area (TPSA) is 53.3 Å². The number of hydrogen-bond acceptors (Lipinski definition) is 3.